The molecule has 5 nitrogen and oxygen atoms in total. The largest absolute Gasteiger partial charge is 0.454 e. The van der Waals surface area contributed by atoms with Crippen molar-refractivity contribution in [1.29, 1.82) is 0 Å². The van der Waals surface area contributed by atoms with Gasteiger partial charge in [-0.15, -0.1) is 0 Å². The molecule has 0 saturated carbocycles. The number of aryl methyl sites for hydroxylation is 3. The number of carbonyl (C=O) groups is 2. The Kier molecular flexibility index (Phi) is 5.98. The fourth-order valence-electron chi connectivity index (χ4n) is 3.35. The summed E-state index contributed by atoms with van der Waals surface area (Å²) in [4.78, 5) is 24.8. The van der Waals surface area contributed by atoms with E-state index in [0.717, 1.165) is 24.8 Å². The highest BCUT2D eigenvalue weighted by molar-refractivity contribution is 7.91. The molecule has 2 aromatic carbocycles. The molecule has 3 rings (SSSR count). The van der Waals surface area contributed by atoms with E-state index < -0.39 is 21.9 Å². The van der Waals surface area contributed by atoms with Crippen molar-refractivity contribution in [3.63, 3.8) is 0 Å². The zero-order chi connectivity index (χ0) is 20.3. The quantitative estimate of drug-likeness (QED) is 0.525. The van der Waals surface area contributed by atoms with Gasteiger partial charge >= 0.3 is 5.97 Å². The maximum absolute atomic E-state index is 12.5. The molecule has 1 aliphatic rings. The van der Waals surface area contributed by atoms with Gasteiger partial charge < -0.3 is 4.74 Å². The number of benzene rings is 2. The number of sulfone groups is 1. The van der Waals surface area contributed by atoms with E-state index in [1.165, 1.54) is 30.2 Å². The number of fused-ring (bicyclic) bond motifs is 1. The van der Waals surface area contributed by atoms with E-state index in [0.29, 0.717) is 5.56 Å². The predicted molar refractivity (Wildman–Crippen MR) is 106 cm³/mol. The van der Waals surface area contributed by atoms with Crippen LogP contribution in [0.1, 0.15) is 46.8 Å². The summed E-state index contributed by atoms with van der Waals surface area (Å²) in [6.45, 7) is 3.38. The molecule has 0 aromatic heterocycles. The van der Waals surface area contributed by atoms with Crippen molar-refractivity contribution in [2.45, 2.75) is 50.5 Å². The Hall–Kier alpha value is -2.47. The molecule has 0 amide bonds. The van der Waals surface area contributed by atoms with Crippen LogP contribution in [0.25, 0.3) is 0 Å². The Morgan fingerprint density at radius 1 is 1.04 bits per heavy atom. The maximum atomic E-state index is 12.5. The number of ketones is 1. The van der Waals surface area contributed by atoms with Crippen LogP contribution < -0.4 is 0 Å². The van der Waals surface area contributed by atoms with E-state index in [2.05, 4.69) is 0 Å². The number of esters is 1. The van der Waals surface area contributed by atoms with Gasteiger partial charge in [-0.05, 0) is 62.4 Å². The molecule has 0 aliphatic heterocycles. The second-order valence-electron chi connectivity index (χ2n) is 7.22. The lowest BCUT2D eigenvalue weighted by Crippen LogP contribution is -2.25. The molecule has 0 bridgehead atoms. The average Bonchev–Trinajstić information content (AvgIpc) is 3.14. The van der Waals surface area contributed by atoms with E-state index in [1.807, 2.05) is 19.1 Å². The Labute approximate surface area is 165 Å². The molecule has 0 spiro atoms. The SMILES string of the molecule is Cc1ccc(S(=O)(=O)CCC(=O)O[C@@H](C)C(=O)c2ccc3c(c2)CCC3)cc1. The van der Waals surface area contributed by atoms with Crippen molar-refractivity contribution in [3.8, 4) is 0 Å². The molecule has 0 unspecified atom stereocenters. The van der Waals surface area contributed by atoms with Crippen molar-refractivity contribution in [2.75, 3.05) is 5.75 Å². The Morgan fingerprint density at radius 2 is 1.71 bits per heavy atom. The van der Waals surface area contributed by atoms with E-state index in [4.69, 9.17) is 4.74 Å². The summed E-state index contributed by atoms with van der Waals surface area (Å²) in [5.74, 6) is -1.32. The van der Waals surface area contributed by atoms with E-state index in [1.54, 1.807) is 18.2 Å². The molecule has 6 heteroatoms. The molecule has 1 aliphatic carbocycles. The molecular weight excluding hydrogens is 376 g/mol. The smallest absolute Gasteiger partial charge is 0.307 e. The molecule has 0 radical (unpaired) electrons. The van der Waals surface area contributed by atoms with Crippen LogP contribution in [-0.2, 0) is 32.2 Å². The fraction of sp³-hybridized carbons (Fsp3) is 0.364. The minimum absolute atomic E-state index is 0.174. The number of ether oxygens (including phenoxy) is 1. The maximum Gasteiger partial charge on any atom is 0.307 e. The lowest BCUT2D eigenvalue weighted by molar-refractivity contribution is -0.145. The Bertz CT molecular complexity index is 990. The molecule has 28 heavy (non-hydrogen) atoms. The number of hydrogen-bond acceptors (Lipinski definition) is 5. The van der Waals surface area contributed by atoms with Gasteiger partial charge in [-0.2, -0.15) is 0 Å². The molecule has 0 N–H and O–H groups in total. The molecular formula is C22H24O5S. The molecule has 0 saturated heterocycles. The van der Waals surface area contributed by atoms with Gasteiger partial charge in [0.15, 0.2) is 15.9 Å². The van der Waals surface area contributed by atoms with E-state index in [-0.39, 0.29) is 22.9 Å². The fourth-order valence-corrected chi connectivity index (χ4v) is 4.57. The van der Waals surface area contributed by atoms with Crippen molar-refractivity contribution < 1.29 is 22.7 Å². The molecule has 1 atom stereocenters. The number of rotatable bonds is 7. The molecule has 148 valence electrons. The van der Waals surface area contributed by atoms with Gasteiger partial charge in [-0.25, -0.2) is 8.42 Å². The number of carbonyl (C=O) groups excluding carboxylic acids is 2. The topological polar surface area (TPSA) is 77.5 Å². The average molecular weight is 400 g/mol. The van der Waals surface area contributed by atoms with Gasteiger partial charge in [0.2, 0.25) is 5.78 Å². The molecule has 2 aromatic rings. The summed E-state index contributed by atoms with van der Waals surface area (Å²) in [5, 5.41) is 0. The van der Waals surface area contributed by atoms with Crippen molar-refractivity contribution in [1.82, 2.24) is 0 Å². The Balaban J connectivity index is 1.56. The zero-order valence-electron chi connectivity index (χ0n) is 16.1. The van der Waals surface area contributed by atoms with Gasteiger partial charge in [0.05, 0.1) is 17.1 Å². The number of hydrogen-bond donors (Lipinski definition) is 0. The summed E-state index contributed by atoms with van der Waals surface area (Å²) in [7, 11) is -3.57. The minimum Gasteiger partial charge on any atom is -0.454 e. The first-order valence-electron chi connectivity index (χ1n) is 9.41. The van der Waals surface area contributed by atoms with Crippen molar-refractivity contribution in [2.24, 2.45) is 0 Å². The van der Waals surface area contributed by atoms with Gasteiger partial charge in [-0.3, -0.25) is 9.59 Å². The van der Waals surface area contributed by atoms with Gasteiger partial charge in [-0.1, -0.05) is 29.8 Å². The Morgan fingerprint density at radius 3 is 2.43 bits per heavy atom. The molecule has 0 heterocycles. The van der Waals surface area contributed by atoms with E-state index in [9.17, 15) is 18.0 Å². The monoisotopic (exact) mass is 400 g/mol. The lowest BCUT2D eigenvalue weighted by atomic mass is 10.0. The van der Waals surface area contributed by atoms with Crippen LogP contribution in [0, 0.1) is 6.92 Å². The van der Waals surface area contributed by atoms with Gasteiger partial charge in [0, 0.05) is 5.56 Å². The highest BCUT2D eigenvalue weighted by Crippen LogP contribution is 2.23. The summed E-state index contributed by atoms with van der Waals surface area (Å²) in [5.41, 5.74) is 3.92. The minimum atomic E-state index is -3.57. The third-order valence-corrected chi connectivity index (χ3v) is 6.75. The normalized spacial score (nSPS) is 14.4. The van der Waals surface area contributed by atoms with Crippen LogP contribution in [-0.4, -0.2) is 32.0 Å². The first-order valence-corrected chi connectivity index (χ1v) is 11.1. The number of Topliss-reactive ketones (excluding diaryl/α,β-unsaturated/α-hetero) is 1. The highest BCUT2D eigenvalue weighted by atomic mass is 32.2. The third kappa shape index (κ3) is 4.68. The second kappa shape index (κ2) is 8.27. The molecule has 0 fully saturated rings. The third-order valence-electron chi connectivity index (χ3n) is 5.02. The van der Waals surface area contributed by atoms with Crippen LogP contribution in [0.2, 0.25) is 0 Å². The van der Waals surface area contributed by atoms with Gasteiger partial charge in [0.25, 0.3) is 0 Å². The van der Waals surface area contributed by atoms with Crippen LogP contribution in [0.5, 0.6) is 0 Å². The van der Waals surface area contributed by atoms with Crippen LogP contribution >= 0.6 is 0 Å². The zero-order valence-corrected chi connectivity index (χ0v) is 16.9. The lowest BCUT2D eigenvalue weighted by Gasteiger charge is -2.13. The summed E-state index contributed by atoms with van der Waals surface area (Å²) in [6.07, 6.45) is 1.84. The summed E-state index contributed by atoms with van der Waals surface area (Å²) < 4.78 is 29.8. The second-order valence-corrected chi connectivity index (χ2v) is 9.32. The van der Waals surface area contributed by atoms with Crippen LogP contribution in [0.15, 0.2) is 47.4 Å². The van der Waals surface area contributed by atoms with Crippen molar-refractivity contribution in [3.05, 3.63) is 64.7 Å². The first-order chi connectivity index (χ1) is 13.3. The van der Waals surface area contributed by atoms with Crippen LogP contribution in [0.4, 0.5) is 0 Å². The summed E-state index contributed by atoms with van der Waals surface area (Å²) in [6, 6.07) is 12.1. The predicted octanol–water partition coefficient (Wildman–Crippen LogP) is 3.46. The van der Waals surface area contributed by atoms with Gasteiger partial charge in [0.1, 0.15) is 0 Å². The van der Waals surface area contributed by atoms with E-state index >= 15 is 0 Å². The van der Waals surface area contributed by atoms with Crippen LogP contribution in [0.3, 0.4) is 0 Å². The highest BCUT2D eigenvalue weighted by Gasteiger charge is 2.23. The van der Waals surface area contributed by atoms with Crippen molar-refractivity contribution >= 4 is 21.6 Å². The first kappa shape index (κ1) is 20.3. The summed E-state index contributed by atoms with van der Waals surface area (Å²) >= 11 is 0. The standard InChI is InChI=1S/C22H24O5S/c1-15-6-10-20(11-7-15)28(25,26)13-12-21(23)27-16(2)22(24)19-9-8-17-4-3-5-18(17)14-19/h6-11,14,16H,3-5,12-13H2,1-2H3/t16-/m0/s1.